The number of alkyl halides is 2. The fourth-order valence-corrected chi connectivity index (χ4v) is 6.37. The van der Waals surface area contributed by atoms with Gasteiger partial charge < -0.3 is 14.7 Å². The van der Waals surface area contributed by atoms with Gasteiger partial charge in [0, 0.05) is 42.1 Å². The van der Waals surface area contributed by atoms with Gasteiger partial charge >= 0.3 is 5.97 Å². The van der Waals surface area contributed by atoms with E-state index in [1.165, 1.54) is 12.1 Å². The maximum absolute atomic E-state index is 14.1. The number of ether oxygens (including phenoxy) is 1. The average Bonchev–Trinajstić information content (AvgIpc) is 3.33. The zero-order valence-electron chi connectivity index (χ0n) is 24.5. The van der Waals surface area contributed by atoms with Gasteiger partial charge in [-0.1, -0.05) is 18.8 Å². The number of rotatable bonds is 7. The van der Waals surface area contributed by atoms with E-state index in [9.17, 15) is 23.5 Å². The average molecular weight is 587 g/mol. The standard InChI is InChI=1S/C32H40F2N2O4S/c1-20-6-8-21(9-7-20)29(37)36(26-18-25(16-17-31(2,3)4)41-28(26)30(38)39)23-11-13-24(14-12-23)40-27-15-10-22(19-35-27)32(5,33)34/h10,15,18-21,23-24H,6-9,11-14H2,1-5H3,(H,38,39). The van der Waals surface area contributed by atoms with Crippen molar-refractivity contribution < 1.29 is 28.2 Å². The number of amides is 1. The summed E-state index contributed by atoms with van der Waals surface area (Å²) >= 11 is 1.12. The first kappa shape index (κ1) is 31.0. The number of nitrogens with zero attached hydrogens (tertiary/aromatic N) is 2. The third-order valence-electron chi connectivity index (χ3n) is 7.87. The minimum atomic E-state index is -2.97. The first-order valence-corrected chi connectivity index (χ1v) is 15.3. The molecule has 0 aromatic carbocycles. The van der Waals surface area contributed by atoms with Gasteiger partial charge in [0.25, 0.3) is 5.92 Å². The van der Waals surface area contributed by atoms with Gasteiger partial charge in [-0.05, 0) is 90.2 Å². The minimum Gasteiger partial charge on any atom is -0.477 e. The number of aromatic nitrogens is 1. The van der Waals surface area contributed by atoms with Gasteiger partial charge in [0.1, 0.15) is 11.0 Å². The van der Waals surface area contributed by atoms with E-state index in [1.807, 2.05) is 20.8 Å². The fraction of sp³-hybridized carbons (Fsp3) is 0.594. The number of hydrogen-bond donors (Lipinski definition) is 1. The first-order chi connectivity index (χ1) is 19.2. The summed E-state index contributed by atoms with van der Waals surface area (Å²) in [6.07, 6.45) is 7.05. The van der Waals surface area contributed by atoms with E-state index in [-0.39, 0.29) is 39.8 Å². The van der Waals surface area contributed by atoms with Crippen molar-refractivity contribution in [3.63, 3.8) is 0 Å². The number of pyridine rings is 1. The summed E-state index contributed by atoms with van der Waals surface area (Å²) in [7, 11) is 0. The Bertz CT molecular complexity index is 1280. The van der Waals surface area contributed by atoms with Crippen LogP contribution in [0.5, 0.6) is 5.88 Å². The molecule has 2 heterocycles. The molecule has 1 amide bonds. The maximum Gasteiger partial charge on any atom is 0.348 e. The largest absolute Gasteiger partial charge is 0.477 e. The molecular weight excluding hydrogens is 546 g/mol. The van der Waals surface area contributed by atoms with Crippen LogP contribution < -0.4 is 9.64 Å². The second-order valence-corrected chi connectivity index (χ2v) is 13.7. The molecule has 2 aliphatic rings. The Kier molecular flexibility index (Phi) is 9.42. The molecule has 0 saturated heterocycles. The summed E-state index contributed by atoms with van der Waals surface area (Å²) < 4.78 is 33.1. The molecule has 0 atom stereocenters. The van der Waals surface area contributed by atoms with Crippen molar-refractivity contribution in [1.29, 1.82) is 0 Å². The lowest BCUT2D eigenvalue weighted by Crippen LogP contribution is -2.47. The topological polar surface area (TPSA) is 79.7 Å². The molecule has 41 heavy (non-hydrogen) atoms. The summed E-state index contributed by atoms with van der Waals surface area (Å²) in [6, 6.07) is 4.38. The van der Waals surface area contributed by atoms with Crippen LogP contribution in [0, 0.1) is 29.1 Å². The van der Waals surface area contributed by atoms with E-state index in [1.54, 1.807) is 11.0 Å². The summed E-state index contributed by atoms with van der Waals surface area (Å²) in [6.45, 7) is 9.02. The van der Waals surface area contributed by atoms with Gasteiger partial charge in [0.05, 0.1) is 10.6 Å². The number of carboxylic acid groups (broad SMARTS) is 1. The van der Waals surface area contributed by atoms with Crippen LogP contribution in [0.1, 0.15) is 106 Å². The highest BCUT2D eigenvalue weighted by Gasteiger charge is 2.38. The molecule has 2 saturated carbocycles. The monoisotopic (exact) mass is 586 g/mol. The van der Waals surface area contributed by atoms with Crippen LogP contribution in [-0.2, 0) is 10.7 Å². The van der Waals surface area contributed by atoms with Crippen LogP contribution in [0.25, 0.3) is 0 Å². The van der Waals surface area contributed by atoms with E-state index >= 15 is 0 Å². The normalized spacial score (nSPS) is 23.3. The third-order valence-corrected chi connectivity index (χ3v) is 8.90. The highest BCUT2D eigenvalue weighted by atomic mass is 32.1. The number of carbonyl (C=O) groups excluding carboxylic acids is 1. The van der Waals surface area contributed by atoms with Crippen molar-refractivity contribution >= 4 is 28.9 Å². The van der Waals surface area contributed by atoms with E-state index < -0.39 is 11.9 Å². The highest BCUT2D eigenvalue weighted by molar-refractivity contribution is 7.15. The molecule has 222 valence electrons. The van der Waals surface area contributed by atoms with Crippen LogP contribution in [-0.4, -0.2) is 34.1 Å². The number of thiophene rings is 1. The molecule has 1 N–H and O–H groups in total. The van der Waals surface area contributed by atoms with Crippen LogP contribution in [0.15, 0.2) is 24.4 Å². The lowest BCUT2D eigenvalue weighted by Gasteiger charge is -2.39. The van der Waals surface area contributed by atoms with Crippen molar-refractivity contribution in [1.82, 2.24) is 4.98 Å². The highest BCUT2D eigenvalue weighted by Crippen LogP contribution is 2.39. The Balaban J connectivity index is 1.56. The van der Waals surface area contributed by atoms with Crippen LogP contribution >= 0.6 is 11.3 Å². The van der Waals surface area contributed by atoms with E-state index in [2.05, 4.69) is 23.7 Å². The Hall–Kier alpha value is -2.99. The summed E-state index contributed by atoms with van der Waals surface area (Å²) in [4.78, 5) is 33.0. The van der Waals surface area contributed by atoms with E-state index in [0.29, 0.717) is 48.0 Å². The van der Waals surface area contributed by atoms with Gasteiger partial charge in [-0.2, -0.15) is 0 Å². The zero-order chi connectivity index (χ0) is 29.9. The molecule has 6 nitrogen and oxygen atoms in total. The molecule has 0 radical (unpaired) electrons. The predicted molar refractivity (Wildman–Crippen MR) is 157 cm³/mol. The van der Waals surface area contributed by atoms with Gasteiger partial charge in [-0.25, -0.2) is 18.6 Å². The fourth-order valence-electron chi connectivity index (χ4n) is 5.53. The van der Waals surface area contributed by atoms with Crippen molar-refractivity contribution in [2.45, 2.75) is 104 Å². The number of carboxylic acids is 1. The Morgan fingerprint density at radius 3 is 2.24 bits per heavy atom. The Labute approximate surface area is 245 Å². The zero-order valence-corrected chi connectivity index (χ0v) is 25.3. The minimum absolute atomic E-state index is 0.00496. The number of carbonyl (C=O) groups is 2. The number of anilines is 1. The molecule has 2 aromatic rings. The molecule has 2 aliphatic carbocycles. The lowest BCUT2D eigenvalue weighted by molar-refractivity contribution is -0.124. The van der Waals surface area contributed by atoms with Gasteiger partial charge in [0.2, 0.25) is 11.8 Å². The molecule has 9 heteroatoms. The molecule has 0 unspecified atom stereocenters. The van der Waals surface area contributed by atoms with Crippen molar-refractivity contribution in [3.8, 4) is 17.7 Å². The number of aromatic carboxylic acids is 1. The summed E-state index contributed by atoms with van der Waals surface area (Å²) in [5, 5.41) is 10.1. The quantitative estimate of drug-likeness (QED) is 0.334. The second-order valence-electron chi connectivity index (χ2n) is 12.6. The van der Waals surface area contributed by atoms with E-state index in [0.717, 1.165) is 50.1 Å². The van der Waals surface area contributed by atoms with Crippen LogP contribution in [0.3, 0.4) is 0 Å². The van der Waals surface area contributed by atoms with Gasteiger partial charge in [0.15, 0.2) is 0 Å². The van der Waals surface area contributed by atoms with Crippen LogP contribution in [0.2, 0.25) is 0 Å². The first-order valence-electron chi connectivity index (χ1n) is 14.5. The Morgan fingerprint density at radius 2 is 1.71 bits per heavy atom. The SMILES string of the molecule is CC1CCC(C(=O)N(c2cc(C#CC(C)(C)C)sc2C(=O)O)C2CCC(Oc3ccc(C(C)(F)F)cn3)CC2)CC1. The number of hydrogen-bond acceptors (Lipinski definition) is 5. The second kappa shape index (κ2) is 12.5. The summed E-state index contributed by atoms with van der Waals surface area (Å²) in [5.74, 6) is 3.00. The van der Waals surface area contributed by atoms with Crippen molar-refractivity contribution in [2.75, 3.05) is 4.90 Å². The summed E-state index contributed by atoms with van der Waals surface area (Å²) in [5.41, 5.74) is 0.0233. The predicted octanol–water partition coefficient (Wildman–Crippen LogP) is 7.90. The molecule has 0 bridgehead atoms. The van der Waals surface area contributed by atoms with Crippen molar-refractivity contribution in [2.24, 2.45) is 17.3 Å². The maximum atomic E-state index is 14.1. The van der Waals surface area contributed by atoms with E-state index in [4.69, 9.17) is 4.74 Å². The molecular formula is C32H40F2N2O4S. The molecule has 0 spiro atoms. The molecule has 0 aliphatic heterocycles. The lowest BCUT2D eigenvalue weighted by atomic mass is 9.81. The molecule has 2 fully saturated rings. The van der Waals surface area contributed by atoms with Gasteiger partial charge in [-0.3, -0.25) is 4.79 Å². The third kappa shape index (κ3) is 8.06. The number of halogens is 2. The van der Waals surface area contributed by atoms with Gasteiger partial charge in [-0.15, -0.1) is 11.3 Å². The molecule has 2 aromatic heterocycles. The van der Waals surface area contributed by atoms with Crippen molar-refractivity contribution in [3.05, 3.63) is 39.7 Å². The Morgan fingerprint density at radius 1 is 1.05 bits per heavy atom. The molecule has 4 rings (SSSR count). The smallest absolute Gasteiger partial charge is 0.348 e. The van der Waals surface area contributed by atoms with Crippen LogP contribution in [0.4, 0.5) is 14.5 Å².